The third-order valence-electron chi connectivity index (χ3n) is 3.85. The number of hydrogen-bond donors (Lipinski definition) is 0. The van der Waals surface area contributed by atoms with Crippen LogP contribution in [-0.2, 0) is 11.3 Å². The minimum Gasteiger partial charge on any atom is -0.457 e. The first-order valence-corrected chi connectivity index (χ1v) is 8.45. The van der Waals surface area contributed by atoms with Crippen LogP contribution in [0.1, 0.15) is 27.3 Å². The lowest BCUT2D eigenvalue weighted by molar-refractivity contribution is 0.0471. The molecule has 3 aromatic rings. The van der Waals surface area contributed by atoms with Crippen LogP contribution in [0.2, 0.25) is 10.0 Å². The molecule has 0 fully saturated rings. The minimum absolute atomic E-state index is 0.116. The molecule has 0 N–H and O–H groups in total. The molecule has 0 amide bonds. The van der Waals surface area contributed by atoms with Crippen molar-refractivity contribution in [3.8, 4) is 5.69 Å². The zero-order valence-electron chi connectivity index (χ0n) is 13.8. The molecule has 6 heteroatoms. The van der Waals surface area contributed by atoms with Gasteiger partial charge in [-0.1, -0.05) is 47.5 Å². The molecule has 2 aromatic carbocycles. The standard InChI is InChI=1S/C19H16Cl2N2O2/c1-12-18(13(2)23(22-12)15-6-4-3-5-7-15)19(24)25-11-14-8-9-16(20)17(21)10-14/h3-10H,11H2,1-2H3. The summed E-state index contributed by atoms with van der Waals surface area (Å²) in [4.78, 5) is 12.5. The number of esters is 1. The highest BCUT2D eigenvalue weighted by Crippen LogP contribution is 2.24. The van der Waals surface area contributed by atoms with E-state index in [1.54, 1.807) is 29.8 Å². The fourth-order valence-electron chi connectivity index (χ4n) is 2.61. The van der Waals surface area contributed by atoms with E-state index in [4.69, 9.17) is 27.9 Å². The molecular weight excluding hydrogens is 359 g/mol. The Morgan fingerprint density at radius 2 is 1.80 bits per heavy atom. The molecule has 3 rings (SSSR count). The summed E-state index contributed by atoms with van der Waals surface area (Å²) in [6.45, 7) is 3.76. The minimum atomic E-state index is -0.414. The van der Waals surface area contributed by atoms with Crippen LogP contribution in [-0.4, -0.2) is 15.7 Å². The van der Waals surface area contributed by atoms with E-state index in [0.29, 0.717) is 21.3 Å². The molecule has 0 saturated carbocycles. The molecule has 1 aromatic heterocycles. The molecule has 0 bridgehead atoms. The van der Waals surface area contributed by atoms with Crippen molar-refractivity contribution in [3.05, 3.63) is 81.1 Å². The highest BCUT2D eigenvalue weighted by atomic mass is 35.5. The Hall–Kier alpha value is -2.30. The van der Waals surface area contributed by atoms with Crippen molar-refractivity contribution < 1.29 is 9.53 Å². The SMILES string of the molecule is Cc1nn(-c2ccccc2)c(C)c1C(=O)OCc1ccc(Cl)c(Cl)c1. The molecule has 4 nitrogen and oxygen atoms in total. The van der Waals surface area contributed by atoms with Crippen molar-refractivity contribution in [3.63, 3.8) is 0 Å². The fourth-order valence-corrected chi connectivity index (χ4v) is 2.93. The fraction of sp³-hybridized carbons (Fsp3) is 0.158. The van der Waals surface area contributed by atoms with Gasteiger partial charge in [0.05, 0.1) is 27.1 Å². The van der Waals surface area contributed by atoms with Gasteiger partial charge in [0.1, 0.15) is 12.2 Å². The quantitative estimate of drug-likeness (QED) is 0.592. The van der Waals surface area contributed by atoms with Gasteiger partial charge in [-0.05, 0) is 43.7 Å². The van der Waals surface area contributed by atoms with Gasteiger partial charge in [0.15, 0.2) is 0 Å². The maximum Gasteiger partial charge on any atom is 0.342 e. The Bertz CT molecular complexity index is 921. The number of nitrogens with zero attached hydrogens (tertiary/aromatic N) is 2. The van der Waals surface area contributed by atoms with Gasteiger partial charge in [0.25, 0.3) is 0 Å². The number of ether oxygens (including phenoxy) is 1. The molecule has 25 heavy (non-hydrogen) atoms. The first-order chi connectivity index (χ1) is 12.0. The second-order valence-electron chi connectivity index (χ2n) is 5.62. The van der Waals surface area contributed by atoms with Crippen LogP contribution in [0.5, 0.6) is 0 Å². The van der Waals surface area contributed by atoms with Gasteiger partial charge in [-0.25, -0.2) is 9.48 Å². The number of hydrogen-bond acceptors (Lipinski definition) is 3. The lowest BCUT2D eigenvalue weighted by atomic mass is 10.2. The Morgan fingerprint density at radius 1 is 1.08 bits per heavy atom. The molecule has 0 saturated heterocycles. The van der Waals surface area contributed by atoms with E-state index in [9.17, 15) is 4.79 Å². The summed E-state index contributed by atoms with van der Waals surface area (Å²) in [5.41, 5.74) is 3.51. The third kappa shape index (κ3) is 3.70. The molecule has 0 unspecified atom stereocenters. The predicted molar refractivity (Wildman–Crippen MR) is 98.6 cm³/mol. The molecule has 0 spiro atoms. The van der Waals surface area contributed by atoms with Gasteiger partial charge in [-0.2, -0.15) is 5.10 Å². The molecule has 0 atom stereocenters. The zero-order chi connectivity index (χ0) is 18.0. The van der Waals surface area contributed by atoms with E-state index >= 15 is 0 Å². The molecule has 128 valence electrons. The summed E-state index contributed by atoms with van der Waals surface area (Å²) in [5, 5.41) is 5.35. The van der Waals surface area contributed by atoms with E-state index in [0.717, 1.165) is 16.9 Å². The number of rotatable bonds is 4. The van der Waals surface area contributed by atoms with Crippen molar-refractivity contribution in [2.24, 2.45) is 0 Å². The average Bonchev–Trinajstić information content (AvgIpc) is 2.91. The number of aryl methyl sites for hydroxylation is 1. The van der Waals surface area contributed by atoms with Crippen LogP contribution >= 0.6 is 23.2 Å². The van der Waals surface area contributed by atoms with Gasteiger partial charge < -0.3 is 4.74 Å². The number of carbonyl (C=O) groups excluding carboxylic acids is 1. The highest BCUT2D eigenvalue weighted by molar-refractivity contribution is 6.42. The molecule has 0 radical (unpaired) electrons. The van der Waals surface area contributed by atoms with Crippen molar-refractivity contribution >= 4 is 29.2 Å². The normalized spacial score (nSPS) is 10.7. The van der Waals surface area contributed by atoms with Crippen LogP contribution in [0.3, 0.4) is 0 Å². The van der Waals surface area contributed by atoms with E-state index < -0.39 is 5.97 Å². The maximum absolute atomic E-state index is 12.5. The average molecular weight is 375 g/mol. The van der Waals surface area contributed by atoms with Crippen LogP contribution < -0.4 is 0 Å². The van der Waals surface area contributed by atoms with Crippen LogP contribution in [0.4, 0.5) is 0 Å². The van der Waals surface area contributed by atoms with E-state index in [1.807, 2.05) is 37.3 Å². The van der Waals surface area contributed by atoms with Gasteiger partial charge in [-0.3, -0.25) is 0 Å². The summed E-state index contributed by atoms with van der Waals surface area (Å²) in [6, 6.07) is 14.8. The maximum atomic E-state index is 12.5. The number of para-hydroxylation sites is 1. The number of halogens is 2. The number of aromatic nitrogens is 2. The zero-order valence-corrected chi connectivity index (χ0v) is 15.3. The largest absolute Gasteiger partial charge is 0.457 e. The lowest BCUT2D eigenvalue weighted by Crippen LogP contribution is -2.08. The van der Waals surface area contributed by atoms with Crippen LogP contribution in [0, 0.1) is 13.8 Å². The third-order valence-corrected chi connectivity index (χ3v) is 4.59. The molecule has 1 heterocycles. The molecule has 0 aliphatic heterocycles. The second-order valence-corrected chi connectivity index (χ2v) is 6.43. The van der Waals surface area contributed by atoms with Crippen molar-refractivity contribution in [2.45, 2.75) is 20.5 Å². The summed E-state index contributed by atoms with van der Waals surface area (Å²) in [7, 11) is 0. The van der Waals surface area contributed by atoms with E-state index in [-0.39, 0.29) is 6.61 Å². The topological polar surface area (TPSA) is 44.1 Å². The first kappa shape index (κ1) is 17.5. The molecule has 0 aliphatic rings. The van der Waals surface area contributed by atoms with Gasteiger partial charge in [0, 0.05) is 0 Å². The summed E-state index contributed by atoms with van der Waals surface area (Å²) < 4.78 is 7.17. The number of benzene rings is 2. The Kier molecular flexibility index (Phi) is 5.11. The van der Waals surface area contributed by atoms with Crippen molar-refractivity contribution in [1.29, 1.82) is 0 Å². The predicted octanol–water partition coefficient (Wildman–Crippen LogP) is 5.15. The summed E-state index contributed by atoms with van der Waals surface area (Å²) in [6.07, 6.45) is 0. The van der Waals surface area contributed by atoms with Crippen molar-refractivity contribution in [2.75, 3.05) is 0 Å². The Labute approximate surface area is 155 Å². The van der Waals surface area contributed by atoms with Crippen LogP contribution in [0.15, 0.2) is 48.5 Å². The van der Waals surface area contributed by atoms with Gasteiger partial charge in [0.2, 0.25) is 0 Å². The number of carbonyl (C=O) groups is 1. The lowest BCUT2D eigenvalue weighted by Gasteiger charge is -2.07. The molecular formula is C19H16Cl2N2O2. The monoisotopic (exact) mass is 374 g/mol. The van der Waals surface area contributed by atoms with Crippen LogP contribution in [0.25, 0.3) is 5.69 Å². The second kappa shape index (κ2) is 7.30. The van der Waals surface area contributed by atoms with E-state index in [2.05, 4.69) is 5.10 Å². The molecule has 0 aliphatic carbocycles. The van der Waals surface area contributed by atoms with E-state index in [1.165, 1.54) is 0 Å². The first-order valence-electron chi connectivity index (χ1n) is 7.70. The smallest absolute Gasteiger partial charge is 0.342 e. The Morgan fingerprint density at radius 3 is 2.48 bits per heavy atom. The summed E-state index contributed by atoms with van der Waals surface area (Å²) in [5.74, 6) is -0.414. The Balaban J connectivity index is 1.80. The van der Waals surface area contributed by atoms with Gasteiger partial charge >= 0.3 is 5.97 Å². The van der Waals surface area contributed by atoms with Crippen molar-refractivity contribution in [1.82, 2.24) is 9.78 Å². The summed E-state index contributed by atoms with van der Waals surface area (Å²) >= 11 is 11.9. The highest BCUT2D eigenvalue weighted by Gasteiger charge is 2.20. The van der Waals surface area contributed by atoms with Gasteiger partial charge in [-0.15, -0.1) is 0 Å².